The van der Waals surface area contributed by atoms with Crippen molar-refractivity contribution in [1.29, 1.82) is 0 Å². The molecule has 0 aromatic heterocycles. The molecule has 0 N–H and O–H groups in total. The average Bonchev–Trinajstić information content (AvgIpc) is 3.30. The Morgan fingerprint density at radius 2 is 1.44 bits per heavy atom. The second-order valence-electron chi connectivity index (χ2n) is 10.3. The topological polar surface area (TPSA) is 0 Å². The van der Waals surface area contributed by atoms with Crippen LogP contribution in [0.4, 0.5) is 0 Å². The average molecular weight is 581 g/mol. The van der Waals surface area contributed by atoms with Gasteiger partial charge in [-0.25, -0.2) is 12.2 Å². The van der Waals surface area contributed by atoms with E-state index in [4.69, 9.17) is 0 Å². The molecule has 0 radical (unpaired) electrons. The van der Waals surface area contributed by atoms with Crippen molar-refractivity contribution in [2.75, 3.05) is 0 Å². The van der Waals surface area contributed by atoms with E-state index in [1.54, 1.807) is 29.4 Å². The van der Waals surface area contributed by atoms with Crippen LogP contribution in [-0.2, 0) is 30.7 Å². The SMILES string of the molecule is C[C](C)=[Zr+2].C[Si](C)(C)c1c[c-]c2c(c1)-c1cc([Si](C)(C)C)ccc1C2.Cl.Cl.[C-]1=CC=CC1. The summed E-state index contributed by atoms with van der Waals surface area (Å²) in [5.74, 6) is 0. The van der Waals surface area contributed by atoms with E-state index < -0.39 is 16.1 Å². The molecule has 0 amide bonds. The molecule has 0 unspecified atom stereocenters. The van der Waals surface area contributed by atoms with Gasteiger partial charge in [-0.1, -0.05) is 73.8 Å². The molecule has 4 rings (SSSR count). The fourth-order valence-corrected chi connectivity index (χ4v) is 5.57. The maximum atomic E-state index is 3.58. The first-order valence-corrected chi connectivity index (χ1v) is 19.0. The summed E-state index contributed by atoms with van der Waals surface area (Å²) < 4.78 is 1.51. The van der Waals surface area contributed by atoms with Crippen molar-refractivity contribution in [3.63, 3.8) is 0 Å². The van der Waals surface area contributed by atoms with Crippen LogP contribution in [0.1, 0.15) is 31.4 Å². The molecule has 5 heteroatoms. The van der Waals surface area contributed by atoms with E-state index in [0.717, 1.165) is 12.8 Å². The number of rotatable bonds is 2. The monoisotopic (exact) mass is 578 g/mol. The summed E-state index contributed by atoms with van der Waals surface area (Å²) in [5, 5.41) is 3.08. The minimum atomic E-state index is -1.27. The zero-order chi connectivity index (χ0) is 22.5. The van der Waals surface area contributed by atoms with Crippen molar-refractivity contribution >= 4 is 54.5 Å². The molecule has 2 aromatic carbocycles. The minimum absolute atomic E-state index is 0. The third-order valence-electron chi connectivity index (χ3n) is 5.11. The van der Waals surface area contributed by atoms with Crippen LogP contribution in [0.5, 0.6) is 0 Å². The Kier molecular flexibility index (Phi) is 13.4. The van der Waals surface area contributed by atoms with Gasteiger partial charge in [0, 0.05) is 8.07 Å². The number of allylic oxidation sites excluding steroid dienone is 4. The molecule has 0 aliphatic heterocycles. The Hall–Kier alpha value is -0.313. The summed E-state index contributed by atoms with van der Waals surface area (Å²) in [6.07, 6.45) is 11.1. The van der Waals surface area contributed by atoms with Crippen molar-refractivity contribution < 1.29 is 24.2 Å². The van der Waals surface area contributed by atoms with Crippen LogP contribution in [0.2, 0.25) is 39.3 Å². The second kappa shape index (κ2) is 13.5. The van der Waals surface area contributed by atoms with Crippen molar-refractivity contribution in [2.45, 2.75) is 66.0 Å². The summed E-state index contributed by atoms with van der Waals surface area (Å²) in [5.41, 5.74) is 5.79. The van der Waals surface area contributed by atoms with Crippen LogP contribution in [-0.4, -0.2) is 19.4 Å². The van der Waals surface area contributed by atoms with E-state index in [1.807, 2.05) is 12.2 Å². The van der Waals surface area contributed by atoms with E-state index >= 15 is 0 Å². The Bertz CT molecular complexity index is 889. The van der Waals surface area contributed by atoms with E-state index in [0.29, 0.717) is 0 Å². The fourth-order valence-electron chi connectivity index (χ4n) is 3.32. The predicted molar refractivity (Wildman–Crippen MR) is 152 cm³/mol. The van der Waals surface area contributed by atoms with Crippen LogP contribution in [0, 0.1) is 12.1 Å². The maximum absolute atomic E-state index is 3.58. The minimum Gasteiger partial charge on any atom is -0.273 e. The van der Waals surface area contributed by atoms with Gasteiger partial charge in [-0.3, -0.25) is 6.08 Å². The van der Waals surface area contributed by atoms with Gasteiger partial charge in [-0.2, -0.15) is 35.0 Å². The molecule has 0 fully saturated rings. The van der Waals surface area contributed by atoms with Crippen molar-refractivity contribution in [1.82, 2.24) is 0 Å². The molecule has 2 aliphatic carbocycles. The summed E-state index contributed by atoms with van der Waals surface area (Å²) in [6.45, 7) is 18.8. The molecule has 2 aromatic rings. The van der Waals surface area contributed by atoms with Crippen LogP contribution in [0.15, 0.2) is 48.6 Å². The van der Waals surface area contributed by atoms with E-state index in [-0.39, 0.29) is 24.8 Å². The van der Waals surface area contributed by atoms with Gasteiger partial charge in [0.25, 0.3) is 0 Å². The normalized spacial score (nSPS) is 12.8. The number of fused-ring (bicyclic) bond motifs is 3. The van der Waals surface area contributed by atoms with Gasteiger partial charge in [0.05, 0.1) is 8.07 Å². The van der Waals surface area contributed by atoms with E-state index in [1.165, 1.54) is 30.6 Å². The number of hydrogen-bond donors (Lipinski definition) is 0. The molecular weight excluding hydrogens is 543 g/mol. The van der Waals surface area contributed by atoms with Crippen LogP contribution in [0.25, 0.3) is 11.1 Å². The smallest absolute Gasteiger partial charge is 0.0775 e. The summed E-state index contributed by atoms with van der Waals surface area (Å²) in [6, 6.07) is 15.5. The Morgan fingerprint density at radius 1 is 0.875 bits per heavy atom. The summed E-state index contributed by atoms with van der Waals surface area (Å²) in [4.78, 5) is 0. The molecule has 0 nitrogen and oxygen atoms in total. The zero-order valence-corrected chi connectivity index (χ0v) is 26.9. The Labute approximate surface area is 226 Å². The standard InChI is InChI=1S/C19H25Si2.C5H5.C3H6.2ClH.Zr/c1-20(2,3)16-9-7-14-11-15-8-10-17(21(4,5)6)13-19(15)18(14)12-16;1-2-4-5-3-1;1-3-2;;;/h7,9-10,12-13H,11H2,1-6H3;1-3H,4H2;1-2H3;2*1H;/q2*-1;;;;+2. The van der Waals surface area contributed by atoms with Gasteiger partial charge < -0.3 is 0 Å². The zero-order valence-electron chi connectivity index (χ0n) is 20.8. The molecule has 0 saturated heterocycles. The third-order valence-corrected chi connectivity index (χ3v) is 9.18. The first-order valence-electron chi connectivity index (χ1n) is 10.8. The summed E-state index contributed by atoms with van der Waals surface area (Å²) in [7, 11) is -2.52. The fraction of sp³-hybridized carbons (Fsp3) is 0.370. The van der Waals surface area contributed by atoms with Crippen LogP contribution < -0.4 is 10.4 Å². The molecule has 0 spiro atoms. The Morgan fingerprint density at radius 3 is 1.88 bits per heavy atom. The second-order valence-corrected chi connectivity index (χ2v) is 22.9. The molecule has 2 aliphatic rings. The van der Waals surface area contributed by atoms with Crippen molar-refractivity contribution in [2.24, 2.45) is 0 Å². The summed E-state index contributed by atoms with van der Waals surface area (Å²) >= 11 is 1.55. The molecule has 0 atom stereocenters. The van der Waals surface area contributed by atoms with Gasteiger partial charge in [-0.15, -0.1) is 36.8 Å². The van der Waals surface area contributed by atoms with Crippen molar-refractivity contribution in [3.8, 4) is 11.1 Å². The first-order chi connectivity index (χ1) is 13.9. The molecule has 172 valence electrons. The van der Waals surface area contributed by atoms with Gasteiger partial charge >= 0.3 is 41.3 Å². The quantitative estimate of drug-likeness (QED) is 0.225. The third kappa shape index (κ3) is 9.51. The first kappa shape index (κ1) is 31.7. The van der Waals surface area contributed by atoms with Gasteiger partial charge in [0.15, 0.2) is 0 Å². The van der Waals surface area contributed by atoms with E-state index in [9.17, 15) is 0 Å². The van der Waals surface area contributed by atoms with Gasteiger partial charge in [0.2, 0.25) is 0 Å². The van der Waals surface area contributed by atoms with Crippen molar-refractivity contribution in [3.05, 3.63) is 71.8 Å². The van der Waals surface area contributed by atoms with E-state index in [2.05, 4.69) is 102 Å². The molecule has 0 saturated carbocycles. The molecule has 32 heavy (non-hydrogen) atoms. The van der Waals surface area contributed by atoms with Gasteiger partial charge in [-0.05, 0) is 6.42 Å². The number of benzene rings is 2. The number of hydrogen-bond acceptors (Lipinski definition) is 0. The molecular formula is C27H38Cl2Si2Zr. The molecule has 0 bridgehead atoms. The van der Waals surface area contributed by atoms with Crippen LogP contribution in [0.3, 0.4) is 0 Å². The number of halogens is 2. The molecule has 0 heterocycles. The van der Waals surface area contributed by atoms with Crippen LogP contribution >= 0.6 is 24.8 Å². The maximum Gasteiger partial charge on any atom is 0.0775 e. The largest absolute Gasteiger partial charge is 0.273 e. The Balaban J connectivity index is 0.000000739. The predicted octanol–water partition coefficient (Wildman–Crippen LogP) is 7.04. The van der Waals surface area contributed by atoms with Gasteiger partial charge in [0.1, 0.15) is 0 Å².